The van der Waals surface area contributed by atoms with Gasteiger partial charge in [0.2, 0.25) is 0 Å². The summed E-state index contributed by atoms with van der Waals surface area (Å²) in [7, 11) is 0. The Morgan fingerprint density at radius 1 is 1.25 bits per heavy atom. The molecular formula is C15H12F3N3O3. The average Bonchev–Trinajstić information content (AvgIpc) is 2.54. The van der Waals surface area contributed by atoms with Gasteiger partial charge in [-0.1, -0.05) is 18.2 Å². The molecule has 1 aliphatic heterocycles. The van der Waals surface area contributed by atoms with E-state index in [4.69, 9.17) is 4.74 Å². The van der Waals surface area contributed by atoms with Crippen LogP contribution in [0.3, 0.4) is 0 Å². The maximum Gasteiger partial charge on any atom is 0.419 e. The number of para-hydroxylation sites is 1. The molecule has 1 aliphatic rings. The number of anilines is 1. The van der Waals surface area contributed by atoms with Gasteiger partial charge in [0.1, 0.15) is 0 Å². The summed E-state index contributed by atoms with van der Waals surface area (Å²) in [6.07, 6.45) is -4.56. The largest absolute Gasteiger partial charge is 0.465 e. The molecule has 24 heavy (non-hydrogen) atoms. The zero-order valence-electron chi connectivity index (χ0n) is 12.2. The van der Waals surface area contributed by atoms with Crippen molar-refractivity contribution in [1.82, 2.24) is 9.97 Å². The molecule has 1 atom stereocenters. The minimum atomic E-state index is -4.55. The number of hydrogen-bond donors (Lipinski definition) is 1. The minimum absolute atomic E-state index is 0.307. The molecule has 3 rings (SSSR count). The highest BCUT2D eigenvalue weighted by molar-refractivity contribution is 5.88. The van der Waals surface area contributed by atoms with Gasteiger partial charge in [0, 0.05) is 18.8 Å². The molecule has 2 heterocycles. The molecule has 0 radical (unpaired) electrons. The third-order valence-corrected chi connectivity index (χ3v) is 3.60. The lowest BCUT2D eigenvalue weighted by atomic mass is 10.0. The lowest BCUT2D eigenvalue weighted by Crippen LogP contribution is -2.46. The number of carbonyl (C=O) groups is 1. The predicted molar refractivity (Wildman–Crippen MR) is 76.7 cm³/mol. The number of benzene rings is 1. The number of nitrogens with zero attached hydrogens (tertiary/aromatic N) is 3. The molecule has 2 aromatic rings. The molecule has 0 spiro atoms. The van der Waals surface area contributed by atoms with Crippen molar-refractivity contribution in [3.8, 4) is 6.01 Å². The fourth-order valence-corrected chi connectivity index (χ4v) is 2.50. The average molecular weight is 339 g/mol. The van der Waals surface area contributed by atoms with Crippen LogP contribution in [0.4, 0.5) is 23.7 Å². The maximum atomic E-state index is 12.5. The molecule has 1 aromatic carbocycles. The van der Waals surface area contributed by atoms with Crippen molar-refractivity contribution >= 4 is 11.8 Å². The number of hydrogen-bond acceptors (Lipinski definition) is 4. The number of halogens is 3. The normalized spacial score (nSPS) is 17.3. The van der Waals surface area contributed by atoms with Crippen LogP contribution in [0.5, 0.6) is 6.01 Å². The molecule has 1 unspecified atom stereocenters. The van der Waals surface area contributed by atoms with E-state index < -0.39 is 24.1 Å². The van der Waals surface area contributed by atoms with E-state index in [1.807, 2.05) is 6.07 Å². The smallest absolute Gasteiger partial charge is 0.419 e. The van der Waals surface area contributed by atoms with Gasteiger partial charge in [0.25, 0.3) is 0 Å². The summed E-state index contributed by atoms with van der Waals surface area (Å²) in [6, 6.07) is 6.66. The Labute approximate surface area is 134 Å². The Balaban J connectivity index is 1.83. The van der Waals surface area contributed by atoms with Gasteiger partial charge in [0.05, 0.1) is 11.3 Å². The second-order valence-corrected chi connectivity index (χ2v) is 5.14. The number of alkyl halides is 3. The quantitative estimate of drug-likeness (QED) is 0.908. The van der Waals surface area contributed by atoms with Crippen molar-refractivity contribution in [3.05, 3.63) is 47.8 Å². The molecule has 9 heteroatoms. The topological polar surface area (TPSA) is 75.5 Å². The van der Waals surface area contributed by atoms with E-state index >= 15 is 0 Å². The zero-order valence-corrected chi connectivity index (χ0v) is 12.2. The molecule has 6 nitrogen and oxygen atoms in total. The first-order chi connectivity index (χ1) is 11.4. The molecule has 0 saturated carbocycles. The van der Waals surface area contributed by atoms with Gasteiger partial charge in [-0.3, -0.25) is 0 Å². The van der Waals surface area contributed by atoms with E-state index in [-0.39, 0.29) is 6.01 Å². The molecule has 1 N–H and O–H groups in total. The Hall–Kier alpha value is -2.84. The van der Waals surface area contributed by atoms with Gasteiger partial charge >= 0.3 is 18.3 Å². The number of carboxylic acid groups (broad SMARTS) is 1. The van der Waals surface area contributed by atoms with E-state index in [1.54, 1.807) is 18.2 Å². The van der Waals surface area contributed by atoms with Crippen LogP contribution in [-0.4, -0.2) is 27.4 Å². The molecule has 0 fully saturated rings. The van der Waals surface area contributed by atoms with Crippen molar-refractivity contribution < 1.29 is 27.8 Å². The van der Waals surface area contributed by atoms with E-state index in [0.717, 1.165) is 10.5 Å². The predicted octanol–water partition coefficient (Wildman–Crippen LogP) is 3.33. The van der Waals surface area contributed by atoms with Gasteiger partial charge in [-0.15, -0.1) is 0 Å². The first-order valence-corrected chi connectivity index (χ1v) is 7.02. The lowest BCUT2D eigenvalue weighted by Gasteiger charge is -2.34. The fourth-order valence-electron chi connectivity index (χ4n) is 2.50. The summed E-state index contributed by atoms with van der Waals surface area (Å²) in [4.78, 5) is 19.6. The van der Waals surface area contributed by atoms with Crippen LogP contribution >= 0.6 is 0 Å². The van der Waals surface area contributed by atoms with Crippen LogP contribution in [-0.2, 0) is 12.6 Å². The number of aromatic nitrogens is 2. The number of amides is 1. The van der Waals surface area contributed by atoms with Crippen LogP contribution in [0, 0.1) is 0 Å². The Bertz CT molecular complexity index is 750. The monoisotopic (exact) mass is 339 g/mol. The summed E-state index contributed by atoms with van der Waals surface area (Å²) in [5.74, 6) is 0. The Morgan fingerprint density at radius 2 is 1.92 bits per heavy atom. The standard InChI is InChI=1S/C15H12F3N3O3/c16-15(17,18)10-7-19-13(20-8-10)24-12-6-5-9-3-1-2-4-11(9)21(12)14(22)23/h1-4,7-8,12H,5-6H2,(H,22,23). The minimum Gasteiger partial charge on any atom is -0.465 e. The molecule has 126 valence electrons. The van der Waals surface area contributed by atoms with Crippen molar-refractivity contribution in [3.63, 3.8) is 0 Å². The maximum absolute atomic E-state index is 12.5. The Kier molecular flexibility index (Phi) is 4.00. The van der Waals surface area contributed by atoms with Gasteiger partial charge in [0.15, 0.2) is 6.23 Å². The molecule has 0 saturated heterocycles. The second kappa shape index (κ2) is 5.99. The van der Waals surface area contributed by atoms with Crippen LogP contribution in [0.1, 0.15) is 17.5 Å². The van der Waals surface area contributed by atoms with Gasteiger partial charge in [-0.2, -0.15) is 13.2 Å². The number of fused-ring (bicyclic) bond motifs is 1. The lowest BCUT2D eigenvalue weighted by molar-refractivity contribution is -0.138. The SMILES string of the molecule is O=C(O)N1c2ccccc2CCC1Oc1ncc(C(F)(F)F)cn1. The summed E-state index contributed by atoms with van der Waals surface area (Å²) < 4.78 is 42.9. The molecule has 1 amide bonds. The third kappa shape index (κ3) is 3.10. The number of rotatable bonds is 2. The highest BCUT2D eigenvalue weighted by Gasteiger charge is 2.34. The molecule has 0 bridgehead atoms. The van der Waals surface area contributed by atoms with Gasteiger partial charge < -0.3 is 9.84 Å². The van der Waals surface area contributed by atoms with E-state index in [2.05, 4.69) is 9.97 Å². The van der Waals surface area contributed by atoms with Gasteiger partial charge in [-0.25, -0.2) is 19.7 Å². The Morgan fingerprint density at radius 3 is 2.54 bits per heavy atom. The van der Waals surface area contributed by atoms with Gasteiger partial charge in [-0.05, 0) is 18.1 Å². The zero-order chi connectivity index (χ0) is 17.3. The second-order valence-electron chi connectivity index (χ2n) is 5.14. The summed E-state index contributed by atoms with van der Waals surface area (Å²) >= 11 is 0. The van der Waals surface area contributed by atoms with E-state index in [9.17, 15) is 23.1 Å². The molecule has 0 aliphatic carbocycles. The highest BCUT2D eigenvalue weighted by Crippen LogP contribution is 2.32. The van der Waals surface area contributed by atoms with Crippen molar-refractivity contribution in [2.24, 2.45) is 0 Å². The summed E-state index contributed by atoms with van der Waals surface area (Å²) in [5, 5.41) is 9.44. The summed E-state index contributed by atoms with van der Waals surface area (Å²) in [5.41, 5.74) is 0.333. The third-order valence-electron chi connectivity index (χ3n) is 3.60. The fraction of sp³-hybridized carbons (Fsp3) is 0.267. The van der Waals surface area contributed by atoms with Crippen LogP contribution in [0.25, 0.3) is 0 Å². The van der Waals surface area contributed by atoms with Crippen LogP contribution < -0.4 is 9.64 Å². The van der Waals surface area contributed by atoms with E-state index in [1.165, 1.54) is 0 Å². The van der Waals surface area contributed by atoms with Crippen LogP contribution in [0.2, 0.25) is 0 Å². The highest BCUT2D eigenvalue weighted by atomic mass is 19.4. The number of aryl methyl sites for hydroxylation is 1. The van der Waals surface area contributed by atoms with Crippen LogP contribution in [0.15, 0.2) is 36.7 Å². The first-order valence-electron chi connectivity index (χ1n) is 7.02. The first kappa shape index (κ1) is 16.0. The van der Waals surface area contributed by atoms with Crippen molar-refractivity contribution in [1.29, 1.82) is 0 Å². The van der Waals surface area contributed by atoms with Crippen molar-refractivity contribution in [2.45, 2.75) is 25.2 Å². The summed E-state index contributed by atoms with van der Waals surface area (Å²) in [6.45, 7) is 0. The van der Waals surface area contributed by atoms with E-state index in [0.29, 0.717) is 30.9 Å². The molecule has 1 aromatic heterocycles. The van der Waals surface area contributed by atoms with Crippen molar-refractivity contribution in [2.75, 3.05) is 4.90 Å². The molecular weight excluding hydrogens is 327 g/mol. The number of ether oxygens (including phenoxy) is 1.